The van der Waals surface area contributed by atoms with Gasteiger partial charge in [-0.2, -0.15) is 4.98 Å². The molecule has 1 aromatic heterocycles. The number of benzene rings is 1. The van der Waals surface area contributed by atoms with Crippen LogP contribution >= 0.6 is 0 Å². The number of anilines is 2. The molecule has 8 nitrogen and oxygen atoms in total. The van der Waals surface area contributed by atoms with Crippen LogP contribution in [0.3, 0.4) is 0 Å². The summed E-state index contributed by atoms with van der Waals surface area (Å²) in [4.78, 5) is 14.1. The molecular weight excluding hydrogens is 301 g/mol. The quantitative estimate of drug-likeness (QED) is 0.779. The Bertz CT molecular complexity index is 787. The maximum Gasteiger partial charge on any atom is 0.267 e. The zero-order valence-corrected chi connectivity index (χ0v) is 12.0. The lowest BCUT2D eigenvalue weighted by Crippen LogP contribution is -2.16. The van der Waals surface area contributed by atoms with Gasteiger partial charge in [-0.15, -0.1) is 5.10 Å². The highest BCUT2D eigenvalue weighted by molar-refractivity contribution is 7.92. The Hall–Kier alpha value is -2.49. The predicted octanol–water partition coefficient (Wildman–Crippen LogP) is 1.01. The second kappa shape index (κ2) is 5.48. The first-order valence-corrected chi connectivity index (χ1v) is 7.25. The van der Waals surface area contributed by atoms with Crippen LogP contribution in [0.2, 0.25) is 0 Å². The molecule has 0 aliphatic rings. The van der Waals surface area contributed by atoms with Gasteiger partial charge in [-0.25, -0.2) is 17.5 Å². The molecule has 2 rings (SSSR count). The van der Waals surface area contributed by atoms with Crippen LogP contribution in [-0.4, -0.2) is 29.5 Å². The van der Waals surface area contributed by atoms with Crippen molar-refractivity contribution in [1.29, 1.82) is 0 Å². The molecule has 0 unspecified atom stereocenters. The van der Waals surface area contributed by atoms with Crippen LogP contribution < -0.4 is 10.0 Å². The van der Waals surface area contributed by atoms with E-state index in [2.05, 4.69) is 20.5 Å². The van der Waals surface area contributed by atoms with Crippen molar-refractivity contribution in [3.05, 3.63) is 29.8 Å². The summed E-state index contributed by atoms with van der Waals surface area (Å²) in [6, 6.07) is 3.24. The van der Waals surface area contributed by atoms with Gasteiger partial charge < -0.3 is 5.32 Å². The first kappa shape index (κ1) is 14.9. The molecule has 0 saturated heterocycles. The van der Waals surface area contributed by atoms with E-state index in [9.17, 15) is 17.6 Å². The van der Waals surface area contributed by atoms with Gasteiger partial charge in [-0.05, 0) is 25.1 Å². The molecule has 1 amide bonds. The molecule has 0 saturated carbocycles. The van der Waals surface area contributed by atoms with Crippen molar-refractivity contribution in [3.63, 3.8) is 0 Å². The number of nitrogens with zero attached hydrogens (tertiary/aromatic N) is 2. The molecule has 0 atom stereocenters. The van der Waals surface area contributed by atoms with Crippen molar-refractivity contribution in [2.45, 2.75) is 18.7 Å². The van der Waals surface area contributed by atoms with Gasteiger partial charge in [0.15, 0.2) is 0 Å². The highest BCUT2D eigenvalue weighted by atomic mass is 32.2. The van der Waals surface area contributed by atoms with E-state index in [0.717, 1.165) is 12.1 Å². The Morgan fingerprint density at radius 3 is 2.62 bits per heavy atom. The van der Waals surface area contributed by atoms with E-state index >= 15 is 0 Å². The molecule has 2 aromatic rings. The summed E-state index contributed by atoms with van der Waals surface area (Å²) in [5.41, 5.74) is 0.160. The third-order valence-electron chi connectivity index (χ3n) is 2.36. The fraction of sp³-hybridized carbons (Fsp3) is 0.182. The number of H-pyrrole nitrogens is 1. The first-order chi connectivity index (χ1) is 9.78. The molecule has 3 N–H and O–H groups in total. The number of aromatic nitrogens is 3. The maximum atomic E-state index is 13.9. The lowest BCUT2D eigenvalue weighted by atomic mass is 10.3. The number of halogens is 1. The minimum atomic E-state index is -4.16. The Morgan fingerprint density at radius 2 is 2.10 bits per heavy atom. The van der Waals surface area contributed by atoms with E-state index in [1.165, 1.54) is 13.0 Å². The van der Waals surface area contributed by atoms with Crippen LogP contribution in [0.25, 0.3) is 0 Å². The van der Waals surface area contributed by atoms with Gasteiger partial charge >= 0.3 is 0 Å². The summed E-state index contributed by atoms with van der Waals surface area (Å²) >= 11 is 0. The number of hydrogen-bond acceptors (Lipinski definition) is 5. The highest BCUT2D eigenvalue weighted by Crippen LogP contribution is 2.20. The molecule has 0 radical (unpaired) electrons. The number of carbonyl (C=O) groups excluding carboxylic acids is 1. The SMILES string of the molecule is CC(=O)Nc1ccc(S(=O)(=O)Nc2n[nH]c(C)n2)c(F)c1. The summed E-state index contributed by atoms with van der Waals surface area (Å²) in [5.74, 6) is -1.16. The third-order valence-corrected chi connectivity index (χ3v) is 3.73. The molecular formula is C11H12FN5O3S. The zero-order chi connectivity index (χ0) is 15.6. The second-order valence-electron chi connectivity index (χ2n) is 4.18. The number of sulfonamides is 1. The second-order valence-corrected chi connectivity index (χ2v) is 5.83. The van der Waals surface area contributed by atoms with Crippen LogP contribution in [0.15, 0.2) is 23.1 Å². The fourth-order valence-corrected chi connectivity index (χ4v) is 2.57. The van der Waals surface area contributed by atoms with Gasteiger partial charge in [0, 0.05) is 12.6 Å². The van der Waals surface area contributed by atoms with Crippen LogP contribution in [0.4, 0.5) is 16.0 Å². The smallest absolute Gasteiger partial charge is 0.267 e. The van der Waals surface area contributed by atoms with Crippen molar-refractivity contribution in [2.75, 3.05) is 10.0 Å². The molecule has 0 spiro atoms. The molecule has 1 aromatic carbocycles. The molecule has 0 aliphatic carbocycles. The van der Waals surface area contributed by atoms with Gasteiger partial charge in [-0.3, -0.25) is 9.89 Å². The van der Waals surface area contributed by atoms with Crippen LogP contribution in [0.1, 0.15) is 12.7 Å². The molecule has 0 fully saturated rings. The number of amides is 1. The van der Waals surface area contributed by atoms with E-state index in [-0.39, 0.29) is 17.5 Å². The van der Waals surface area contributed by atoms with E-state index in [1.54, 1.807) is 6.92 Å². The number of hydrogen-bond donors (Lipinski definition) is 3. The molecule has 112 valence electrons. The summed E-state index contributed by atoms with van der Waals surface area (Å²) in [7, 11) is -4.16. The average Bonchev–Trinajstić information content (AvgIpc) is 2.72. The van der Waals surface area contributed by atoms with Gasteiger partial charge in [0.1, 0.15) is 16.5 Å². The van der Waals surface area contributed by atoms with Gasteiger partial charge in [0.2, 0.25) is 5.91 Å². The van der Waals surface area contributed by atoms with Crippen molar-refractivity contribution < 1.29 is 17.6 Å². The van der Waals surface area contributed by atoms with Gasteiger partial charge in [0.25, 0.3) is 16.0 Å². The predicted molar refractivity (Wildman–Crippen MR) is 72.6 cm³/mol. The Balaban J connectivity index is 2.29. The zero-order valence-electron chi connectivity index (χ0n) is 11.1. The number of aryl methyl sites for hydroxylation is 1. The first-order valence-electron chi connectivity index (χ1n) is 5.77. The van der Waals surface area contributed by atoms with E-state index < -0.39 is 20.7 Å². The third kappa shape index (κ3) is 3.54. The molecule has 1 heterocycles. The average molecular weight is 313 g/mol. The maximum absolute atomic E-state index is 13.9. The van der Waals surface area contributed by atoms with Crippen LogP contribution in [0.5, 0.6) is 0 Å². The Morgan fingerprint density at radius 1 is 1.38 bits per heavy atom. The monoisotopic (exact) mass is 313 g/mol. The van der Waals surface area contributed by atoms with Crippen LogP contribution in [0, 0.1) is 12.7 Å². The summed E-state index contributed by atoms with van der Waals surface area (Å²) in [6.07, 6.45) is 0. The van der Waals surface area contributed by atoms with E-state index in [1.807, 2.05) is 4.72 Å². The Labute approximate surface area is 119 Å². The van der Waals surface area contributed by atoms with Gasteiger partial charge in [0.05, 0.1) is 0 Å². The molecule has 0 bridgehead atoms. The van der Waals surface area contributed by atoms with Crippen molar-refractivity contribution >= 4 is 27.6 Å². The molecule has 21 heavy (non-hydrogen) atoms. The number of aromatic amines is 1. The van der Waals surface area contributed by atoms with Crippen LogP contribution in [-0.2, 0) is 14.8 Å². The lowest BCUT2D eigenvalue weighted by molar-refractivity contribution is -0.114. The summed E-state index contributed by atoms with van der Waals surface area (Å²) in [5, 5.41) is 8.42. The fourth-order valence-electron chi connectivity index (χ4n) is 1.56. The number of carbonyl (C=O) groups is 1. The van der Waals surface area contributed by atoms with Crippen molar-refractivity contribution in [3.8, 4) is 0 Å². The van der Waals surface area contributed by atoms with E-state index in [4.69, 9.17) is 0 Å². The largest absolute Gasteiger partial charge is 0.326 e. The topological polar surface area (TPSA) is 117 Å². The normalized spacial score (nSPS) is 11.2. The van der Waals surface area contributed by atoms with Crippen molar-refractivity contribution in [2.24, 2.45) is 0 Å². The standard InChI is InChI=1S/C11H12FN5O3S/c1-6-13-11(16-15-6)17-21(19,20)10-4-3-8(5-9(10)12)14-7(2)18/h3-5H,1-2H3,(H,14,18)(H2,13,15,16,17). The highest BCUT2D eigenvalue weighted by Gasteiger charge is 2.21. The molecule has 10 heteroatoms. The number of nitrogens with one attached hydrogen (secondary N) is 3. The Kier molecular flexibility index (Phi) is 3.89. The lowest BCUT2D eigenvalue weighted by Gasteiger charge is -2.08. The molecule has 0 aliphatic heterocycles. The minimum absolute atomic E-state index is 0.160. The summed E-state index contributed by atoms with van der Waals surface area (Å²) < 4.78 is 40.0. The van der Waals surface area contributed by atoms with Crippen molar-refractivity contribution in [1.82, 2.24) is 15.2 Å². The minimum Gasteiger partial charge on any atom is -0.326 e. The number of rotatable bonds is 4. The van der Waals surface area contributed by atoms with E-state index in [0.29, 0.717) is 5.82 Å². The van der Waals surface area contributed by atoms with Gasteiger partial charge in [-0.1, -0.05) is 0 Å². The summed E-state index contributed by atoms with van der Waals surface area (Å²) in [6.45, 7) is 2.85.